The Hall–Kier alpha value is -3.16. The summed E-state index contributed by atoms with van der Waals surface area (Å²) in [5, 5.41) is 7.47. The number of H-pyrrole nitrogens is 1. The molecule has 0 aliphatic carbocycles. The second-order valence-corrected chi connectivity index (χ2v) is 8.21. The van der Waals surface area contributed by atoms with Crippen LogP contribution >= 0.6 is 0 Å². The van der Waals surface area contributed by atoms with Gasteiger partial charge < -0.3 is 15.2 Å². The molecule has 1 fully saturated rings. The fourth-order valence-corrected chi connectivity index (χ4v) is 4.30. The van der Waals surface area contributed by atoms with Crippen LogP contribution in [0.4, 0.5) is 0 Å². The minimum absolute atomic E-state index is 0.0175. The Morgan fingerprint density at radius 3 is 2.60 bits per heavy atom. The first-order chi connectivity index (χ1) is 14.3. The average molecular weight is 409 g/mol. The molecule has 8 heteroatoms. The van der Waals surface area contributed by atoms with Gasteiger partial charge in [0.15, 0.2) is 0 Å². The van der Waals surface area contributed by atoms with Gasteiger partial charge in [-0.3, -0.25) is 9.59 Å². The molecule has 2 amide bonds. The second-order valence-electron chi connectivity index (χ2n) is 8.21. The van der Waals surface area contributed by atoms with E-state index in [1.54, 1.807) is 10.7 Å². The Morgan fingerprint density at radius 1 is 1.20 bits per heavy atom. The van der Waals surface area contributed by atoms with E-state index in [4.69, 9.17) is 0 Å². The third-order valence-corrected chi connectivity index (χ3v) is 6.08. The number of aryl methyl sites for hydroxylation is 3. The van der Waals surface area contributed by atoms with Gasteiger partial charge in [0.25, 0.3) is 11.8 Å². The number of nitrogens with one attached hydrogen (secondary N) is 2. The number of pyridine rings is 1. The van der Waals surface area contributed by atoms with E-state index >= 15 is 0 Å². The molecule has 1 aliphatic heterocycles. The zero-order valence-electron chi connectivity index (χ0n) is 17.9. The predicted molar refractivity (Wildman–Crippen MR) is 114 cm³/mol. The number of imidazole rings is 1. The molecule has 0 unspecified atom stereocenters. The summed E-state index contributed by atoms with van der Waals surface area (Å²) in [4.78, 5) is 34.9. The highest BCUT2D eigenvalue weighted by atomic mass is 16.2. The van der Waals surface area contributed by atoms with Crippen molar-refractivity contribution in [1.82, 2.24) is 29.8 Å². The zero-order valence-corrected chi connectivity index (χ0v) is 17.9. The molecular formula is C22H28N6O2. The standard InChI is InChI=1S/C22H28N6O2/c1-13-6-5-7-19-18(12-23-28(13)19)21(29)25-14(2)17-8-10-27(11-9-17)22(30)20-15(3)24-16(4)26-20/h5-7,12,14,17H,8-11H2,1-4H3,(H,24,26)(H,25,29)/t14-/m0/s1. The van der Waals surface area contributed by atoms with Crippen LogP contribution in [-0.4, -0.2) is 55.4 Å². The van der Waals surface area contributed by atoms with Gasteiger partial charge in [-0.1, -0.05) is 6.07 Å². The summed E-state index contributed by atoms with van der Waals surface area (Å²) in [6.07, 6.45) is 3.33. The van der Waals surface area contributed by atoms with Crippen molar-refractivity contribution in [1.29, 1.82) is 0 Å². The number of amides is 2. The van der Waals surface area contributed by atoms with Crippen molar-refractivity contribution in [2.45, 2.75) is 46.6 Å². The Kier molecular flexibility index (Phi) is 5.32. The fourth-order valence-electron chi connectivity index (χ4n) is 4.30. The van der Waals surface area contributed by atoms with Crippen LogP contribution in [0.3, 0.4) is 0 Å². The van der Waals surface area contributed by atoms with Crippen molar-refractivity contribution in [2.24, 2.45) is 5.92 Å². The number of aromatic nitrogens is 4. The molecule has 4 heterocycles. The van der Waals surface area contributed by atoms with Crippen LogP contribution < -0.4 is 5.32 Å². The van der Waals surface area contributed by atoms with Crippen LogP contribution in [0.25, 0.3) is 5.52 Å². The van der Waals surface area contributed by atoms with Crippen molar-refractivity contribution < 1.29 is 9.59 Å². The van der Waals surface area contributed by atoms with Gasteiger partial charge >= 0.3 is 0 Å². The van der Waals surface area contributed by atoms with Gasteiger partial charge in [0.2, 0.25) is 0 Å². The maximum absolute atomic E-state index is 12.8. The van der Waals surface area contributed by atoms with Crippen LogP contribution in [0.1, 0.15) is 57.8 Å². The molecule has 158 valence electrons. The first-order valence-electron chi connectivity index (χ1n) is 10.4. The largest absolute Gasteiger partial charge is 0.349 e. The van der Waals surface area contributed by atoms with Gasteiger partial charge in [-0.15, -0.1) is 0 Å². The van der Waals surface area contributed by atoms with Crippen molar-refractivity contribution in [3.63, 3.8) is 0 Å². The molecule has 1 atom stereocenters. The average Bonchev–Trinajstić information content (AvgIpc) is 3.31. The maximum atomic E-state index is 12.8. The number of carbonyl (C=O) groups excluding carboxylic acids is 2. The summed E-state index contributed by atoms with van der Waals surface area (Å²) in [6.45, 7) is 9.07. The third-order valence-electron chi connectivity index (χ3n) is 6.08. The Labute approximate surface area is 175 Å². The van der Waals surface area contributed by atoms with Crippen LogP contribution in [0, 0.1) is 26.7 Å². The quantitative estimate of drug-likeness (QED) is 0.694. The Balaban J connectivity index is 1.36. The van der Waals surface area contributed by atoms with E-state index in [9.17, 15) is 9.59 Å². The highest BCUT2D eigenvalue weighted by Gasteiger charge is 2.29. The summed E-state index contributed by atoms with van der Waals surface area (Å²) in [5.41, 5.74) is 3.70. The SMILES string of the molecule is Cc1nc(C(=O)N2CCC([C@H](C)NC(=O)c3cnn4c(C)cccc34)CC2)c(C)[nH]1. The van der Waals surface area contributed by atoms with E-state index in [-0.39, 0.29) is 17.9 Å². The van der Waals surface area contributed by atoms with Crippen molar-refractivity contribution >= 4 is 17.3 Å². The van der Waals surface area contributed by atoms with Gasteiger partial charge in [-0.2, -0.15) is 5.10 Å². The van der Waals surface area contributed by atoms with Crippen LogP contribution in [0.15, 0.2) is 24.4 Å². The van der Waals surface area contributed by atoms with E-state index in [0.717, 1.165) is 35.6 Å². The molecule has 3 aromatic rings. The number of hydrogen-bond acceptors (Lipinski definition) is 4. The van der Waals surface area contributed by atoms with E-state index in [0.29, 0.717) is 30.3 Å². The van der Waals surface area contributed by atoms with Gasteiger partial charge in [0, 0.05) is 30.5 Å². The number of piperidine rings is 1. The molecule has 0 saturated carbocycles. The number of aromatic amines is 1. The second kappa shape index (κ2) is 7.93. The summed E-state index contributed by atoms with van der Waals surface area (Å²) >= 11 is 0. The van der Waals surface area contributed by atoms with E-state index in [2.05, 4.69) is 20.4 Å². The molecule has 0 bridgehead atoms. The zero-order chi connectivity index (χ0) is 21.4. The number of hydrogen-bond donors (Lipinski definition) is 2. The molecule has 0 aromatic carbocycles. The lowest BCUT2D eigenvalue weighted by Gasteiger charge is -2.35. The molecule has 0 spiro atoms. The first kappa shape index (κ1) is 20.1. The predicted octanol–water partition coefficient (Wildman–Crippen LogP) is 2.65. The summed E-state index contributed by atoms with van der Waals surface area (Å²) < 4.78 is 1.78. The molecule has 30 heavy (non-hydrogen) atoms. The molecule has 3 aromatic heterocycles. The van der Waals surface area contributed by atoms with Crippen LogP contribution in [-0.2, 0) is 0 Å². The highest BCUT2D eigenvalue weighted by Crippen LogP contribution is 2.23. The van der Waals surface area contributed by atoms with E-state index in [1.807, 2.05) is 50.8 Å². The lowest BCUT2D eigenvalue weighted by atomic mass is 9.90. The number of nitrogens with zero attached hydrogens (tertiary/aromatic N) is 4. The number of fused-ring (bicyclic) bond motifs is 1. The molecule has 1 aliphatic rings. The number of likely N-dealkylation sites (tertiary alicyclic amines) is 1. The topological polar surface area (TPSA) is 95.4 Å². The third kappa shape index (κ3) is 3.69. The molecular weight excluding hydrogens is 380 g/mol. The minimum Gasteiger partial charge on any atom is -0.349 e. The molecule has 1 saturated heterocycles. The van der Waals surface area contributed by atoms with Crippen LogP contribution in [0.5, 0.6) is 0 Å². The molecule has 0 radical (unpaired) electrons. The minimum atomic E-state index is -0.107. The Morgan fingerprint density at radius 2 is 1.93 bits per heavy atom. The van der Waals surface area contributed by atoms with Gasteiger partial charge in [-0.05, 0) is 58.6 Å². The maximum Gasteiger partial charge on any atom is 0.274 e. The monoisotopic (exact) mass is 408 g/mol. The van der Waals surface area contributed by atoms with Gasteiger partial charge in [0.1, 0.15) is 11.5 Å². The van der Waals surface area contributed by atoms with Gasteiger partial charge in [0.05, 0.1) is 17.3 Å². The van der Waals surface area contributed by atoms with E-state index < -0.39 is 0 Å². The lowest BCUT2D eigenvalue weighted by Crippen LogP contribution is -2.45. The number of carbonyl (C=O) groups is 2. The van der Waals surface area contributed by atoms with Crippen molar-refractivity contribution in [2.75, 3.05) is 13.1 Å². The summed E-state index contributed by atoms with van der Waals surface area (Å²) in [7, 11) is 0. The summed E-state index contributed by atoms with van der Waals surface area (Å²) in [6, 6.07) is 5.82. The smallest absolute Gasteiger partial charge is 0.274 e. The first-order valence-corrected chi connectivity index (χ1v) is 10.4. The lowest BCUT2D eigenvalue weighted by molar-refractivity contribution is 0.0658. The van der Waals surface area contributed by atoms with E-state index in [1.165, 1.54) is 0 Å². The van der Waals surface area contributed by atoms with Crippen molar-refractivity contribution in [3.8, 4) is 0 Å². The normalized spacial score (nSPS) is 16.1. The Bertz CT molecular complexity index is 1090. The molecule has 8 nitrogen and oxygen atoms in total. The van der Waals surface area contributed by atoms with Crippen molar-refractivity contribution in [3.05, 3.63) is 52.9 Å². The summed E-state index contributed by atoms with van der Waals surface area (Å²) in [5.74, 6) is 0.950. The highest BCUT2D eigenvalue weighted by molar-refractivity contribution is 6.00. The molecule has 4 rings (SSSR count). The van der Waals surface area contributed by atoms with Crippen LogP contribution in [0.2, 0.25) is 0 Å². The fraction of sp³-hybridized carbons (Fsp3) is 0.455. The molecule has 2 N–H and O–H groups in total. The number of rotatable bonds is 4. The van der Waals surface area contributed by atoms with Gasteiger partial charge in [-0.25, -0.2) is 9.50 Å².